The second-order valence-electron chi connectivity index (χ2n) is 7.49. The maximum absolute atomic E-state index is 12.4. The summed E-state index contributed by atoms with van der Waals surface area (Å²) >= 11 is 6.48. The number of anilines is 2. The lowest BCUT2D eigenvalue weighted by molar-refractivity contribution is -0.123. The van der Waals surface area contributed by atoms with E-state index in [2.05, 4.69) is 5.32 Å². The quantitative estimate of drug-likeness (QED) is 0.748. The number of nitrogens with two attached hydrogens (primary N) is 1. The third-order valence-corrected chi connectivity index (χ3v) is 6.03. The smallest absolute Gasteiger partial charge is 0.414 e. The van der Waals surface area contributed by atoms with Crippen LogP contribution in [-0.2, 0) is 14.9 Å². The summed E-state index contributed by atoms with van der Waals surface area (Å²) in [5, 5.41) is 3.91. The molecule has 2 heterocycles. The molecule has 2 aromatic rings. The van der Waals surface area contributed by atoms with Crippen molar-refractivity contribution in [2.24, 2.45) is 5.73 Å². The van der Waals surface area contributed by atoms with Crippen LogP contribution >= 0.6 is 11.6 Å². The summed E-state index contributed by atoms with van der Waals surface area (Å²) in [6.07, 6.45) is 0.692. The molecule has 2 aliphatic rings. The average molecular weight is 414 g/mol. The van der Waals surface area contributed by atoms with Crippen molar-refractivity contribution in [3.05, 3.63) is 58.1 Å². The van der Waals surface area contributed by atoms with E-state index < -0.39 is 17.4 Å². The van der Waals surface area contributed by atoms with Gasteiger partial charge in [0.15, 0.2) is 0 Å². The number of hydrogen-bond donors (Lipinski definition) is 2. The van der Waals surface area contributed by atoms with E-state index in [9.17, 15) is 14.4 Å². The minimum absolute atomic E-state index is 0.312. The molecule has 2 atom stereocenters. The van der Waals surface area contributed by atoms with Crippen LogP contribution in [0.25, 0.3) is 0 Å². The number of rotatable bonds is 4. The minimum atomic E-state index is -0.990. The number of cyclic esters (lactones) is 1. The molecule has 3 N–H and O–H groups in total. The number of ether oxygens (including phenoxy) is 1. The van der Waals surface area contributed by atoms with Crippen molar-refractivity contribution in [3.8, 4) is 0 Å². The van der Waals surface area contributed by atoms with Crippen LogP contribution in [0.1, 0.15) is 40.9 Å². The topological polar surface area (TPSA) is 102 Å². The Morgan fingerprint density at radius 2 is 2.14 bits per heavy atom. The molecular formula is C21H20ClN3O4. The molecule has 29 heavy (non-hydrogen) atoms. The molecule has 1 fully saturated rings. The fraction of sp³-hybridized carbons (Fsp3) is 0.286. The van der Waals surface area contributed by atoms with Gasteiger partial charge in [0.1, 0.15) is 12.9 Å². The van der Waals surface area contributed by atoms with E-state index in [1.54, 1.807) is 42.2 Å². The number of hydrogen-bond acceptors (Lipinski definition) is 5. The van der Waals surface area contributed by atoms with Gasteiger partial charge in [-0.1, -0.05) is 11.6 Å². The standard InChI is InChI=1S/C21H20ClN3O4/c1-21(19(23)27)10-18(24-17-5-2-12(11-26)8-15(17)21)14-9-13(3-4-16(14)22)25-6-7-29-20(25)28/h2-5,8-9,11,18,24H,6-7,10H2,1H3,(H2,23,27). The molecule has 2 aromatic carbocycles. The van der Waals surface area contributed by atoms with E-state index in [0.29, 0.717) is 41.4 Å². The molecule has 2 amide bonds. The lowest BCUT2D eigenvalue weighted by Gasteiger charge is -2.39. The van der Waals surface area contributed by atoms with Gasteiger partial charge in [0.25, 0.3) is 0 Å². The van der Waals surface area contributed by atoms with E-state index in [0.717, 1.165) is 17.5 Å². The second-order valence-corrected chi connectivity index (χ2v) is 7.90. The number of carbonyl (C=O) groups excluding carboxylic acids is 3. The maximum Gasteiger partial charge on any atom is 0.414 e. The first-order valence-corrected chi connectivity index (χ1v) is 9.61. The minimum Gasteiger partial charge on any atom is -0.447 e. The fourth-order valence-corrected chi connectivity index (χ4v) is 4.24. The van der Waals surface area contributed by atoms with Gasteiger partial charge in [0, 0.05) is 22.0 Å². The highest BCUT2D eigenvalue weighted by Crippen LogP contribution is 2.46. The summed E-state index contributed by atoms with van der Waals surface area (Å²) in [4.78, 5) is 37.1. The SMILES string of the molecule is CC1(C(N)=O)CC(c2cc(N3CCOC3=O)ccc2Cl)Nc2ccc(C=O)cc21. The summed E-state index contributed by atoms with van der Waals surface area (Å²) in [5.41, 5.74) is 8.09. The van der Waals surface area contributed by atoms with Crippen LogP contribution in [0.3, 0.4) is 0 Å². The molecule has 7 nitrogen and oxygen atoms in total. The third-order valence-electron chi connectivity index (χ3n) is 5.69. The second kappa shape index (κ2) is 7.08. The normalized spacial score (nSPS) is 23.2. The molecule has 150 valence electrons. The van der Waals surface area contributed by atoms with E-state index in [4.69, 9.17) is 22.1 Å². The number of nitrogens with zero attached hydrogens (tertiary/aromatic N) is 1. The van der Waals surface area contributed by atoms with Crippen molar-refractivity contribution >= 4 is 41.3 Å². The predicted octanol–water partition coefficient (Wildman–Crippen LogP) is 3.41. The summed E-state index contributed by atoms with van der Waals surface area (Å²) in [5.74, 6) is -0.483. The Balaban J connectivity index is 1.77. The molecule has 2 aliphatic heterocycles. The number of amides is 2. The monoisotopic (exact) mass is 413 g/mol. The predicted molar refractivity (Wildman–Crippen MR) is 110 cm³/mol. The van der Waals surface area contributed by atoms with Crippen LogP contribution in [0.5, 0.6) is 0 Å². The van der Waals surface area contributed by atoms with E-state index in [1.807, 2.05) is 6.07 Å². The number of aldehydes is 1. The van der Waals surface area contributed by atoms with Gasteiger partial charge in [-0.05, 0) is 60.9 Å². The number of carbonyl (C=O) groups is 3. The summed E-state index contributed by atoms with van der Waals surface area (Å²) in [6, 6.07) is 10.1. The van der Waals surface area contributed by atoms with Crippen LogP contribution < -0.4 is 16.0 Å². The zero-order valence-electron chi connectivity index (χ0n) is 15.8. The molecule has 0 saturated carbocycles. The Morgan fingerprint density at radius 1 is 1.34 bits per heavy atom. The van der Waals surface area contributed by atoms with Crippen molar-refractivity contribution in [1.82, 2.24) is 0 Å². The maximum atomic E-state index is 12.4. The third kappa shape index (κ3) is 3.21. The Bertz CT molecular complexity index is 1020. The molecular weight excluding hydrogens is 394 g/mol. The highest BCUT2D eigenvalue weighted by atomic mass is 35.5. The van der Waals surface area contributed by atoms with Crippen molar-refractivity contribution in [3.63, 3.8) is 0 Å². The number of benzene rings is 2. The lowest BCUT2D eigenvalue weighted by atomic mass is 9.71. The van der Waals surface area contributed by atoms with Crippen LogP contribution in [0.2, 0.25) is 5.02 Å². The molecule has 0 aliphatic carbocycles. The van der Waals surface area contributed by atoms with Crippen LogP contribution in [0, 0.1) is 0 Å². The van der Waals surface area contributed by atoms with Crippen molar-refractivity contribution in [2.75, 3.05) is 23.4 Å². The summed E-state index contributed by atoms with van der Waals surface area (Å²) in [7, 11) is 0. The van der Waals surface area contributed by atoms with Gasteiger partial charge in [0.2, 0.25) is 5.91 Å². The van der Waals surface area contributed by atoms with Gasteiger partial charge < -0.3 is 15.8 Å². The van der Waals surface area contributed by atoms with Gasteiger partial charge in [-0.15, -0.1) is 0 Å². The molecule has 4 rings (SSSR count). The summed E-state index contributed by atoms with van der Waals surface area (Å²) < 4.78 is 5.02. The van der Waals surface area contributed by atoms with Gasteiger partial charge in [-0.2, -0.15) is 0 Å². The first-order chi connectivity index (χ1) is 13.8. The molecule has 8 heteroatoms. The van der Waals surface area contributed by atoms with Crippen LogP contribution in [0.4, 0.5) is 16.2 Å². The molecule has 0 spiro atoms. The van der Waals surface area contributed by atoms with Gasteiger partial charge in [-0.3, -0.25) is 14.5 Å². The van der Waals surface area contributed by atoms with Crippen LogP contribution in [0.15, 0.2) is 36.4 Å². The van der Waals surface area contributed by atoms with Crippen LogP contribution in [-0.4, -0.2) is 31.4 Å². The van der Waals surface area contributed by atoms with Crippen molar-refractivity contribution < 1.29 is 19.1 Å². The molecule has 0 aromatic heterocycles. The van der Waals surface area contributed by atoms with E-state index in [1.165, 1.54) is 0 Å². The van der Waals surface area contributed by atoms with E-state index >= 15 is 0 Å². The Kier molecular flexibility index (Phi) is 4.70. The zero-order valence-corrected chi connectivity index (χ0v) is 16.5. The number of nitrogens with one attached hydrogen (secondary N) is 1. The first-order valence-electron chi connectivity index (χ1n) is 9.23. The first kappa shape index (κ1) is 19.3. The average Bonchev–Trinajstić information content (AvgIpc) is 3.14. The number of halogens is 1. The highest BCUT2D eigenvalue weighted by Gasteiger charge is 2.42. The van der Waals surface area contributed by atoms with Gasteiger partial charge >= 0.3 is 6.09 Å². The Hall–Kier alpha value is -3.06. The Morgan fingerprint density at radius 3 is 2.79 bits per heavy atom. The number of primary amides is 1. The Labute approximate surface area is 172 Å². The largest absolute Gasteiger partial charge is 0.447 e. The highest BCUT2D eigenvalue weighted by molar-refractivity contribution is 6.31. The molecule has 0 bridgehead atoms. The van der Waals surface area contributed by atoms with Crippen molar-refractivity contribution in [2.45, 2.75) is 24.8 Å². The fourth-order valence-electron chi connectivity index (χ4n) is 3.99. The molecule has 2 unspecified atom stereocenters. The summed E-state index contributed by atoms with van der Waals surface area (Å²) in [6.45, 7) is 2.57. The van der Waals surface area contributed by atoms with E-state index in [-0.39, 0.29) is 6.04 Å². The zero-order chi connectivity index (χ0) is 20.8. The molecule has 1 saturated heterocycles. The number of fused-ring (bicyclic) bond motifs is 1. The van der Waals surface area contributed by atoms with Gasteiger partial charge in [0.05, 0.1) is 18.0 Å². The van der Waals surface area contributed by atoms with Crippen molar-refractivity contribution in [1.29, 1.82) is 0 Å². The lowest BCUT2D eigenvalue weighted by Crippen LogP contribution is -2.44. The molecule has 0 radical (unpaired) electrons. The van der Waals surface area contributed by atoms with Gasteiger partial charge in [-0.25, -0.2) is 4.79 Å².